The van der Waals surface area contributed by atoms with Gasteiger partial charge in [-0.2, -0.15) is 0 Å². The molecule has 0 bridgehead atoms. The van der Waals surface area contributed by atoms with Crippen LogP contribution in [0.3, 0.4) is 0 Å². The smallest absolute Gasteiger partial charge is 0.461 e. The van der Waals surface area contributed by atoms with Crippen molar-refractivity contribution in [1.29, 1.82) is 0 Å². The number of carbonyl (C=O) groups is 3. The van der Waals surface area contributed by atoms with Crippen LogP contribution >= 0.6 is 0 Å². The van der Waals surface area contributed by atoms with Crippen molar-refractivity contribution < 1.29 is 33.2 Å². The zero-order valence-electron chi connectivity index (χ0n) is 25.7. The number of rotatable bonds is 11. The molecule has 0 aromatic heterocycles. The van der Waals surface area contributed by atoms with Gasteiger partial charge in [0.1, 0.15) is 13.2 Å². The summed E-state index contributed by atoms with van der Waals surface area (Å²) in [5.41, 5.74) is 5.19. The highest BCUT2D eigenvalue weighted by Crippen LogP contribution is 2.44. The van der Waals surface area contributed by atoms with E-state index in [4.69, 9.17) is 18.8 Å². The lowest BCUT2D eigenvalue weighted by molar-refractivity contribution is -0.142. The first-order valence-corrected chi connectivity index (χ1v) is 15.0. The van der Waals surface area contributed by atoms with Gasteiger partial charge >= 0.3 is 19.2 Å². The van der Waals surface area contributed by atoms with E-state index in [0.29, 0.717) is 19.4 Å². The predicted octanol–water partition coefficient (Wildman–Crippen LogP) is 4.46. The van der Waals surface area contributed by atoms with Crippen LogP contribution < -0.4 is 16.1 Å². The molecule has 2 aliphatic rings. The third-order valence-electron chi connectivity index (χ3n) is 8.63. The number of ether oxygens (including phenoxy) is 2. The summed E-state index contributed by atoms with van der Waals surface area (Å²) < 4.78 is 23.2. The summed E-state index contributed by atoms with van der Waals surface area (Å²) in [7, 11) is -0.534. The van der Waals surface area contributed by atoms with Gasteiger partial charge in [-0.15, -0.1) is 0 Å². The van der Waals surface area contributed by atoms with Crippen LogP contribution in [0.2, 0.25) is 0 Å². The molecule has 230 valence electrons. The van der Waals surface area contributed by atoms with Gasteiger partial charge in [0, 0.05) is 19.4 Å². The van der Waals surface area contributed by atoms with Crippen LogP contribution in [0.1, 0.15) is 63.1 Å². The molecule has 5 rings (SSSR count). The Morgan fingerprint density at radius 3 is 2.11 bits per heavy atom. The molecular weight excluding hydrogens is 559 g/mol. The Kier molecular flexibility index (Phi) is 9.41. The average Bonchev–Trinajstić information content (AvgIpc) is 3.46. The highest BCUT2D eigenvalue weighted by molar-refractivity contribution is 6.62. The maximum absolute atomic E-state index is 12.4. The molecule has 44 heavy (non-hydrogen) atoms. The number of hydrogen-bond acceptors (Lipinski definition) is 7. The Bertz CT molecular complexity index is 1460. The number of hydrogen-bond donors (Lipinski definition) is 2. The van der Waals surface area contributed by atoms with Crippen LogP contribution in [0.15, 0.2) is 72.8 Å². The van der Waals surface area contributed by atoms with Crippen molar-refractivity contribution in [2.24, 2.45) is 0 Å². The number of nitrogens with one attached hydrogen (secondary N) is 2. The second-order valence-electron chi connectivity index (χ2n) is 12.0. The molecule has 0 saturated carbocycles. The van der Waals surface area contributed by atoms with Gasteiger partial charge in [-0.25, -0.2) is 4.79 Å². The first kappa shape index (κ1) is 31.3. The summed E-state index contributed by atoms with van der Waals surface area (Å²) in [6, 6.07) is 23.9. The van der Waals surface area contributed by atoms with Gasteiger partial charge in [0.15, 0.2) is 0 Å². The summed E-state index contributed by atoms with van der Waals surface area (Å²) in [4.78, 5) is 35.9. The molecule has 9 nitrogen and oxygen atoms in total. The highest BCUT2D eigenvalue weighted by Gasteiger charge is 2.54. The van der Waals surface area contributed by atoms with Crippen molar-refractivity contribution >= 4 is 30.6 Å². The monoisotopic (exact) mass is 598 g/mol. The van der Waals surface area contributed by atoms with E-state index in [1.807, 2.05) is 69.3 Å². The van der Waals surface area contributed by atoms with Crippen LogP contribution in [0.25, 0.3) is 11.1 Å². The molecule has 0 radical (unpaired) electrons. The second kappa shape index (κ2) is 13.2. The Balaban J connectivity index is 1.03. The first-order valence-electron chi connectivity index (χ1n) is 15.0. The Morgan fingerprint density at radius 2 is 1.48 bits per heavy atom. The van der Waals surface area contributed by atoms with Gasteiger partial charge in [0.25, 0.3) is 0 Å². The number of esters is 1. The minimum absolute atomic E-state index is 0.0410. The van der Waals surface area contributed by atoms with E-state index in [9.17, 15) is 14.4 Å². The predicted molar refractivity (Wildman–Crippen MR) is 167 cm³/mol. The molecule has 1 fully saturated rings. The van der Waals surface area contributed by atoms with Crippen molar-refractivity contribution in [3.63, 3.8) is 0 Å². The zero-order valence-corrected chi connectivity index (χ0v) is 25.7. The van der Waals surface area contributed by atoms with Gasteiger partial charge < -0.3 is 29.4 Å². The molecule has 1 aliphatic heterocycles. The lowest BCUT2D eigenvalue weighted by Gasteiger charge is -2.36. The van der Waals surface area contributed by atoms with Gasteiger partial charge in [-0.05, 0) is 66.9 Å². The summed E-state index contributed by atoms with van der Waals surface area (Å²) in [5.74, 6) is -0.656. The minimum Gasteiger partial charge on any atom is -0.461 e. The number of benzene rings is 3. The van der Waals surface area contributed by atoms with Gasteiger partial charge in [0.05, 0.1) is 17.7 Å². The standard InChI is InChI=1S/C34H39BN2O7/c1-23(38)41-21-24-14-16-25(17-15-24)35-43-33(2,3)34(4,44-35)18-9-19-36-31(39)20-37-32(40)42-22-30-28-12-7-5-10-26(28)27-11-6-8-13-29(27)30/h5-8,10-17,30H,9,18-22H2,1-4H3,(H,36,39)(H,37,40). The lowest BCUT2D eigenvalue weighted by Crippen LogP contribution is -2.45. The third kappa shape index (κ3) is 6.98. The zero-order chi connectivity index (χ0) is 31.3. The maximum Gasteiger partial charge on any atom is 0.494 e. The largest absolute Gasteiger partial charge is 0.494 e. The topological polar surface area (TPSA) is 112 Å². The molecule has 1 saturated heterocycles. The molecule has 10 heteroatoms. The van der Waals surface area contributed by atoms with E-state index in [1.165, 1.54) is 6.92 Å². The molecular formula is C34H39BN2O7. The number of fused-ring (bicyclic) bond motifs is 3. The third-order valence-corrected chi connectivity index (χ3v) is 8.63. The molecule has 2 amide bonds. The van der Waals surface area contributed by atoms with E-state index in [0.717, 1.165) is 33.3 Å². The van der Waals surface area contributed by atoms with Crippen LogP contribution in [0, 0.1) is 0 Å². The van der Waals surface area contributed by atoms with Crippen molar-refractivity contribution in [2.45, 2.75) is 64.3 Å². The van der Waals surface area contributed by atoms with E-state index in [-0.39, 0.29) is 37.6 Å². The van der Waals surface area contributed by atoms with Gasteiger partial charge in [-0.1, -0.05) is 72.8 Å². The van der Waals surface area contributed by atoms with Gasteiger partial charge in [-0.3, -0.25) is 9.59 Å². The second-order valence-corrected chi connectivity index (χ2v) is 12.0. The molecule has 3 aromatic carbocycles. The summed E-state index contributed by atoms with van der Waals surface area (Å²) in [6.07, 6.45) is 0.688. The summed E-state index contributed by atoms with van der Waals surface area (Å²) >= 11 is 0. The average molecular weight is 599 g/mol. The fourth-order valence-corrected chi connectivity index (χ4v) is 5.76. The lowest BCUT2D eigenvalue weighted by atomic mass is 9.79. The van der Waals surface area contributed by atoms with Crippen molar-refractivity contribution in [1.82, 2.24) is 10.6 Å². The molecule has 2 N–H and O–H groups in total. The number of alkyl carbamates (subject to hydrolysis) is 1. The Hall–Kier alpha value is -4.15. The maximum atomic E-state index is 12.4. The van der Waals surface area contributed by atoms with E-state index in [2.05, 4.69) is 34.9 Å². The van der Waals surface area contributed by atoms with Crippen LogP contribution in [0.4, 0.5) is 4.79 Å². The van der Waals surface area contributed by atoms with E-state index >= 15 is 0 Å². The highest BCUT2D eigenvalue weighted by atomic mass is 16.7. The van der Waals surface area contributed by atoms with Gasteiger partial charge in [0.2, 0.25) is 5.91 Å². The fraction of sp³-hybridized carbons (Fsp3) is 0.382. The Labute approximate surface area is 258 Å². The number of amides is 2. The molecule has 1 aliphatic carbocycles. The molecule has 1 atom stereocenters. The molecule has 1 unspecified atom stereocenters. The molecule has 3 aromatic rings. The quantitative estimate of drug-likeness (QED) is 0.190. The van der Waals surface area contributed by atoms with Crippen molar-refractivity contribution in [3.8, 4) is 11.1 Å². The minimum atomic E-state index is -0.627. The summed E-state index contributed by atoms with van der Waals surface area (Å²) in [5, 5.41) is 5.41. The van der Waals surface area contributed by atoms with Crippen LogP contribution in [0.5, 0.6) is 0 Å². The van der Waals surface area contributed by atoms with E-state index < -0.39 is 24.4 Å². The Morgan fingerprint density at radius 1 is 0.841 bits per heavy atom. The molecule has 0 spiro atoms. The van der Waals surface area contributed by atoms with Crippen LogP contribution in [-0.2, 0) is 35.0 Å². The fourth-order valence-electron chi connectivity index (χ4n) is 5.76. The van der Waals surface area contributed by atoms with Crippen molar-refractivity contribution in [3.05, 3.63) is 89.5 Å². The summed E-state index contributed by atoms with van der Waals surface area (Å²) in [6.45, 7) is 8.06. The van der Waals surface area contributed by atoms with Crippen molar-refractivity contribution in [2.75, 3.05) is 19.7 Å². The number of carbonyl (C=O) groups excluding carboxylic acids is 3. The first-order chi connectivity index (χ1) is 21.1. The van der Waals surface area contributed by atoms with Crippen LogP contribution in [-0.4, -0.2) is 56.0 Å². The van der Waals surface area contributed by atoms with E-state index in [1.54, 1.807) is 0 Å². The SMILES string of the molecule is CC(=O)OCc1ccc(B2OC(C)(C)C(C)(CCCNC(=O)CNC(=O)OCC3c4ccccc4-c4ccccc43)O2)cc1. The normalized spacial score (nSPS) is 18.3. The molecule has 1 heterocycles.